The van der Waals surface area contributed by atoms with Gasteiger partial charge in [-0.2, -0.15) is 0 Å². The summed E-state index contributed by atoms with van der Waals surface area (Å²) < 4.78 is 4.89. The van der Waals surface area contributed by atoms with E-state index in [1.165, 1.54) is 6.20 Å². The highest BCUT2D eigenvalue weighted by Crippen LogP contribution is 2.15. The molecule has 0 fully saturated rings. The second-order valence-electron chi connectivity index (χ2n) is 5.01. The fraction of sp³-hybridized carbons (Fsp3) is 0.538. The number of nitrogens with two attached hydrogens (primary N) is 1. The molecule has 0 atom stereocenters. The fourth-order valence-electron chi connectivity index (χ4n) is 1.35. The van der Waals surface area contributed by atoms with E-state index in [9.17, 15) is 9.59 Å². The number of hydrogen-bond acceptors (Lipinski definition) is 6. The zero-order valence-corrected chi connectivity index (χ0v) is 12.2. The normalized spacial score (nSPS) is 11.0. The van der Waals surface area contributed by atoms with Crippen LogP contribution >= 0.6 is 0 Å². The van der Waals surface area contributed by atoms with Gasteiger partial charge in [-0.3, -0.25) is 4.79 Å². The molecule has 0 aromatic carbocycles. The quantitative estimate of drug-likeness (QED) is 0.749. The summed E-state index contributed by atoms with van der Waals surface area (Å²) in [6, 6.07) is 0. The van der Waals surface area contributed by atoms with Crippen molar-refractivity contribution in [3.8, 4) is 0 Å². The van der Waals surface area contributed by atoms with E-state index in [1.807, 2.05) is 0 Å². The molecule has 1 aromatic heterocycles. The van der Waals surface area contributed by atoms with E-state index in [2.05, 4.69) is 15.3 Å². The number of esters is 1. The minimum Gasteiger partial charge on any atom is -0.462 e. The van der Waals surface area contributed by atoms with Crippen molar-refractivity contribution >= 4 is 17.8 Å². The number of aromatic nitrogens is 2. The molecule has 0 aliphatic carbocycles. The zero-order chi connectivity index (χ0) is 15.3. The standard InChI is InChI=1S/C13H20N4O3/c1-5-20-10(18)9-6-15-12(17-8(9)2)16-7-13(3,4)11(14)19/h6H,5,7H2,1-4H3,(H2,14,19)(H,15,16,17). The van der Waals surface area contributed by atoms with Crippen LogP contribution in [0.4, 0.5) is 5.95 Å². The molecule has 0 aliphatic rings. The Hall–Kier alpha value is -2.18. The molecular formula is C13H20N4O3. The maximum absolute atomic E-state index is 11.6. The summed E-state index contributed by atoms with van der Waals surface area (Å²) >= 11 is 0. The Morgan fingerprint density at radius 1 is 1.45 bits per heavy atom. The highest BCUT2D eigenvalue weighted by Gasteiger charge is 2.25. The largest absolute Gasteiger partial charge is 0.462 e. The molecule has 0 aliphatic heterocycles. The summed E-state index contributed by atoms with van der Waals surface area (Å²) in [4.78, 5) is 31.0. The molecule has 0 saturated carbocycles. The topological polar surface area (TPSA) is 107 Å². The van der Waals surface area contributed by atoms with Crippen LogP contribution in [-0.4, -0.2) is 35.0 Å². The van der Waals surface area contributed by atoms with Gasteiger partial charge in [0.15, 0.2) is 0 Å². The first kappa shape index (κ1) is 15.9. The van der Waals surface area contributed by atoms with E-state index in [0.29, 0.717) is 30.4 Å². The van der Waals surface area contributed by atoms with Crippen LogP contribution in [0.25, 0.3) is 0 Å². The number of ether oxygens (including phenoxy) is 1. The van der Waals surface area contributed by atoms with Gasteiger partial charge >= 0.3 is 5.97 Å². The van der Waals surface area contributed by atoms with Crippen LogP contribution in [0.3, 0.4) is 0 Å². The number of anilines is 1. The lowest BCUT2D eigenvalue weighted by atomic mass is 9.93. The Bertz CT molecular complexity index is 514. The third-order valence-corrected chi connectivity index (χ3v) is 2.83. The molecule has 1 amide bonds. The van der Waals surface area contributed by atoms with Gasteiger partial charge in [-0.15, -0.1) is 0 Å². The first-order valence-electron chi connectivity index (χ1n) is 6.32. The number of nitrogens with one attached hydrogen (secondary N) is 1. The second kappa shape index (κ2) is 6.31. The number of hydrogen-bond donors (Lipinski definition) is 2. The van der Waals surface area contributed by atoms with Gasteiger partial charge < -0.3 is 15.8 Å². The Morgan fingerprint density at radius 2 is 2.10 bits per heavy atom. The molecule has 1 heterocycles. The third kappa shape index (κ3) is 3.91. The molecule has 110 valence electrons. The van der Waals surface area contributed by atoms with Crippen molar-refractivity contribution in [1.29, 1.82) is 0 Å². The van der Waals surface area contributed by atoms with E-state index < -0.39 is 17.3 Å². The van der Waals surface area contributed by atoms with Crippen LogP contribution in [-0.2, 0) is 9.53 Å². The Balaban J connectivity index is 2.78. The fourth-order valence-corrected chi connectivity index (χ4v) is 1.35. The summed E-state index contributed by atoms with van der Waals surface area (Å²) in [7, 11) is 0. The lowest BCUT2D eigenvalue weighted by molar-refractivity contribution is -0.125. The number of nitrogens with zero attached hydrogens (tertiary/aromatic N) is 2. The number of amides is 1. The van der Waals surface area contributed by atoms with Crippen LogP contribution in [0.2, 0.25) is 0 Å². The van der Waals surface area contributed by atoms with Gasteiger partial charge in [0.05, 0.1) is 23.3 Å². The van der Waals surface area contributed by atoms with Crippen LogP contribution in [0.15, 0.2) is 6.20 Å². The third-order valence-electron chi connectivity index (χ3n) is 2.83. The van der Waals surface area contributed by atoms with E-state index >= 15 is 0 Å². The van der Waals surface area contributed by atoms with Gasteiger partial charge in [-0.1, -0.05) is 0 Å². The number of primary amides is 1. The highest BCUT2D eigenvalue weighted by molar-refractivity contribution is 5.90. The average molecular weight is 280 g/mol. The van der Waals surface area contributed by atoms with Crippen molar-refractivity contribution < 1.29 is 14.3 Å². The van der Waals surface area contributed by atoms with E-state index in [-0.39, 0.29) is 0 Å². The van der Waals surface area contributed by atoms with Gasteiger partial charge in [-0.05, 0) is 27.7 Å². The van der Waals surface area contributed by atoms with Crippen LogP contribution < -0.4 is 11.1 Å². The van der Waals surface area contributed by atoms with Crippen LogP contribution in [0, 0.1) is 12.3 Å². The SMILES string of the molecule is CCOC(=O)c1cnc(NCC(C)(C)C(N)=O)nc1C. The first-order valence-corrected chi connectivity index (χ1v) is 6.32. The maximum Gasteiger partial charge on any atom is 0.341 e. The highest BCUT2D eigenvalue weighted by atomic mass is 16.5. The number of rotatable bonds is 6. The van der Waals surface area contributed by atoms with Gasteiger partial charge in [0.1, 0.15) is 0 Å². The molecule has 1 aromatic rings. The summed E-state index contributed by atoms with van der Waals surface area (Å²) in [6.07, 6.45) is 1.40. The molecule has 0 unspecified atom stereocenters. The molecule has 0 spiro atoms. The molecule has 0 bridgehead atoms. The summed E-state index contributed by atoms with van der Waals surface area (Å²) in [5.41, 5.74) is 5.41. The van der Waals surface area contributed by atoms with Crippen molar-refractivity contribution in [2.45, 2.75) is 27.7 Å². The van der Waals surface area contributed by atoms with Crippen molar-refractivity contribution in [2.75, 3.05) is 18.5 Å². The van der Waals surface area contributed by atoms with Gasteiger partial charge in [0.2, 0.25) is 11.9 Å². The predicted molar refractivity (Wildman–Crippen MR) is 74.2 cm³/mol. The molecule has 7 heteroatoms. The number of carbonyl (C=O) groups excluding carboxylic acids is 2. The molecule has 1 rings (SSSR count). The van der Waals surface area contributed by atoms with Crippen LogP contribution in [0.1, 0.15) is 36.8 Å². The summed E-state index contributed by atoms with van der Waals surface area (Å²) in [5, 5.41) is 2.93. The van der Waals surface area contributed by atoms with Gasteiger partial charge in [-0.25, -0.2) is 14.8 Å². The first-order chi connectivity index (χ1) is 9.27. The summed E-state index contributed by atoms with van der Waals surface area (Å²) in [6.45, 7) is 7.48. The predicted octanol–water partition coefficient (Wildman–Crippen LogP) is 0.885. The average Bonchev–Trinajstić information content (AvgIpc) is 2.36. The molecule has 0 radical (unpaired) electrons. The van der Waals surface area contributed by atoms with Crippen molar-refractivity contribution in [1.82, 2.24) is 9.97 Å². The van der Waals surface area contributed by atoms with Crippen molar-refractivity contribution in [3.63, 3.8) is 0 Å². The van der Waals surface area contributed by atoms with Gasteiger partial charge in [0, 0.05) is 12.7 Å². The lowest BCUT2D eigenvalue weighted by Gasteiger charge is -2.20. The lowest BCUT2D eigenvalue weighted by Crippen LogP contribution is -2.37. The molecule has 7 nitrogen and oxygen atoms in total. The monoisotopic (exact) mass is 280 g/mol. The Morgan fingerprint density at radius 3 is 2.60 bits per heavy atom. The van der Waals surface area contributed by atoms with Gasteiger partial charge in [0.25, 0.3) is 0 Å². The zero-order valence-electron chi connectivity index (χ0n) is 12.2. The van der Waals surface area contributed by atoms with Crippen molar-refractivity contribution in [3.05, 3.63) is 17.5 Å². The van der Waals surface area contributed by atoms with E-state index in [1.54, 1.807) is 27.7 Å². The molecule has 0 saturated heterocycles. The Kier molecular flexibility index (Phi) is 5.01. The Labute approximate surface area is 117 Å². The number of aryl methyl sites for hydroxylation is 1. The number of carbonyl (C=O) groups is 2. The smallest absolute Gasteiger partial charge is 0.341 e. The summed E-state index contributed by atoms with van der Waals surface area (Å²) in [5.74, 6) is -0.524. The van der Waals surface area contributed by atoms with E-state index in [4.69, 9.17) is 10.5 Å². The van der Waals surface area contributed by atoms with Crippen LogP contribution in [0.5, 0.6) is 0 Å². The molecule has 20 heavy (non-hydrogen) atoms. The molecule has 3 N–H and O–H groups in total. The minimum absolute atomic E-state index is 0.297. The van der Waals surface area contributed by atoms with Crippen molar-refractivity contribution in [2.24, 2.45) is 11.1 Å². The minimum atomic E-state index is -0.711. The maximum atomic E-state index is 11.6. The second-order valence-corrected chi connectivity index (χ2v) is 5.01. The molecular weight excluding hydrogens is 260 g/mol. The van der Waals surface area contributed by atoms with E-state index in [0.717, 1.165) is 0 Å².